The minimum absolute atomic E-state index is 0.00704. The zero-order valence-electron chi connectivity index (χ0n) is 21.6. The summed E-state index contributed by atoms with van der Waals surface area (Å²) in [6, 6.07) is 12.2. The molecule has 0 bridgehead atoms. The summed E-state index contributed by atoms with van der Waals surface area (Å²) in [5.41, 5.74) is 3.15. The van der Waals surface area contributed by atoms with E-state index in [0.29, 0.717) is 23.4 Å². The fourth-order valence-electron chi connectivity index (χ4n) is 4.09. The molecule has 1 heterocycles. The van der Waals surface area contributed by atoms with Gasteiger partial charge in [0.05, 0.1) is 43.7 Å². The Morgan fingerprint density at radius 3 is 2.22 bits per heavy atom. The molecule has 3 amide bonds. The first-order valence-corrected chi connectivity index (χ1v) is 11.9. The normalized spacial score (nSPS) is 14.8. The second kappa shape index (κ2) is 11.2. The van der Waals surface area contributed by atoms with Crippen molar-refractivity contribution >= 4 is 35.3 Å². The number of amides is 3. The Labute approximate surface area is 211 Å². The molecule has 0 fully saturated rings. The molecule has 9 nitrogen and oxygen atoms in total. The van der Waals surface area contributed by atoms with Crippen LogP contribution < -0.4 is 9.80 Å². The molecule has 192 valence electrons. The van der Waals surface area contributed by atoms with Gasteiger partial charge in [0, 0.05) is 19.0 Å². The summed E-state index contributed by atoms with van der Waals surface area (Å²) in [5, 5.41) is 0. The quantitative estimate of drug-likeness (QED) is 0.575. The van der Waals surface area contributed by atoms with Crippen LogP contribution in [-0.2, 0) is 14.3 Å². The Kier molecular flexibility index (Phi) is 8.34. The van der Waals surface area contributed by atoms with Gasteiger partial charge in [0.1, 0.15) is 0 Å². The van der Waals surface area contributed by atoms with E-state index in [1.165, 1.54) is 21.8 Å². The minimum Gasteiger partial charge on any atom is -0.452 e. The predicted molar refractivity (Wildman–Crippen MR) is 137 cm³/mol. The number of ketones is 1. The lowest BCUT2D eigenvalue weighted by atomic mass is 10.00. The van der Waals surface area contributed by atoms with Gasteiger partial charge in [0.2, 0.25) is 0 Å². The number of benzene rings is 2. The Morgan fingerprint density at radius 2 is 1.64 bits per heavy atom. The van der Waals surface area contributed by atoms with Gasteiger partial charge in [-0.25, -0.2) is 9.59 Å². The highest BCUT2D eigenvalue weighted by atomic mass is 16.6. The molecule has 0 N–H and O–H groups in total. The number of hydrogen-bond acceptors (Lipinski definition) is 6. The highest BCUT2D eigenvalue weighted by molar-refractivity contribution is 6.02. The van der Waals surface area contributed by atoms with E-state index in [2.05, 4.69) is 0 Å². The molecule has 0 aromatic heterocycles. The zero-order valence-corrected chi connectivity index (χ0v) is 21.6. The van der Waals surface area contributed by atoms with E-state index in [1.807, 2.05) is 31.2 Å². The molecule has 0 saturated heterocycles. The molecule has 2 aromatic carbocycles. The molecule has 0 saturated carbocycles. The molecule has 0 unspecified atom stereocenters. The highest BCUT2D eigenvalue weighted by Crippen LogP contribution is 2.39. The van der Waals surface area contributed by atoms with Crippen LogP contribution in [0.3, 0.4) is 0 Å². The molecule has 1 atom stereocenters. The zero-order chi connectivity index (χ0) is 26.6. The molecule has 1 aliphatic rings. The molecule has 9 heteroatoms. The number of nitrogens with zero attached hydrogens (tertiary/aromatic N) is 3. The number of carbonyl (C=O) groups is 4. The number of carbonyl (C=O) groups excluding carboxylic acids is 4. The van der Waals surface area contributed by atoms with Crippen LogP contribution in [0.5, 0.6) is 0 Å². The van der Waals surface area contributed by atoms with Crippen molar-refractivity contribution in [2.75, 3.05) is 37.0 Å². The average molecular weight is 496 g/mol. The summed E-state index contributed by atoms with van der Waals surface area (Å²) < 4.78 is 10.4. The van der Waals surface area contributed by atoms with Crippen molar-refractivity contribution < 1.29 is 28.7 Å². The SMILES string of the molecule is CCC(=O)CN(C)C(=O)c1ccc(-c2ccc3c(c2)N(C(=O)OC(C)C)C[C@H](C)N3C(=O)OC)cc1. The van der Waals surface area contributed by atoms with Gasteiger partial charge in [0.15, 0.2) is 5.78 Å². The highest BCUT2D eigenvalue weighted by Gasteiger charge is 2.36. The second-order valence-electron chi connectivity index (χ2n) is 9.07. The first-order valence-electron chi connectivity index (χ1n) is 11.9. The van der Waals surface area contributed by atoms with Crippen LogP contribution in [0.15, 0.2) is 42.5 Å². The molecule has 0 radical (unpaired) electrons. The number of fused-ring (bicyclic) bond motifs is 1. The third-order valence-electron chi connectivity index (χ3n) is 5.96. The van der Waals surface area contributed by atoms with Crippen LogP contribution >= 0.6 is 0 Å². The lowest BCUT2D eigenvalue weighted by Gasteiger charge is -2.40. The van der Waals surface area contributed by atoms with Crippen molar-refractivity contribution in [3.8, 4) is 11.1 Å². The Morgan fingerprint density at radius 1 is 1.00 bits per heavy atom. The lowest BCUT2D eigenvalue weighted by Crippen LogP contribution is -2.52. The van der Waals surface area contributed by atoms with E-state index in [-0.39, 0.29) is 36.9 Å². The summed E-state index contributed by atoms with van der Waals surface area (Å²) in [4.78, 5) is 54.2. The van der Waals surface area contributed by atoms with Crippen molar-refractivity contribution in [2.24, 2.45) is 0 Å². The van der Waals surface area contributed by atoms with Crippen molar-refractivity contribution in [1.82, 2.24) is 4.90 Å². The third-order valence-corrected chi connectivity index (χ3v) is 5.96. The molecule has 1 aliphatic heterocycles. The number of rotatable bonds is 6. The van der Waals surface area contributed by atoms with Crippen LogP contribution in [0.2, 0.25) is 0 Å². The number of anilines is 2. The van der Waals surface area contributed by atoms with Crippen LogP contribution in [-0.4, -0.2) is 68.2 Å². The van der Waals surface area contributed by atoms with Gasteiger partial charge in [0.25, 0.3) is 5.91 Å². The Hall–Kier alpha value is -3.88. The van der Waals surface area contributed by atoms with E-state index in [0.717, 1.165) is 11.1 Å². The number of hydrogen-bond donors (Lipinski definition) is 0. The Bertz CT molecular complexity index is 1140. The molecule has 36 heavy (non-hydrogen) atoms. The second-order valence-corrected chi connectivity index (χ2v) is 9.07. The maximum atomic E-state index is 12.9. The van der Waals surface area contributed by atoms with Gasteiger partial charge in [-0.1, -0.05) is 25.1 Å². The molecule has 0 spiro atoms. The largest absolute Gasteiger partial charge is 0.452 e. The van der Waals surface area contributed by atoms with Gasteiger partial charge in [-0.15, -0.1) is 0 Å². The maximum Gasteiger partial charge on any atom is 0.414 e. The fourth-order valence-corrected chi connectivity index (χ4v) is 4.09. The van der Waals surface area contributed by atoms with Gasteiger partial charge in [-0.2, -0.15) is 0 Å². The molecule has 2 aromatic rings. The Balaban J connectivity index is 1.96. The van der Waals surface area contributed by atoms with Gasteiger partial charge in [-0.05, 0) is 56.2 Å². The number of methoxy groups -OCH3 is 1. The first-order chi connectivity index (χ1) is 17.1. The monoisotopic (exact) mass is 495 g/mol. The maximum absolute atomic E-state index is 12.9. The third kappa shape index (κ3) is 5.67. The minimum atomic E-state index is -0.512. The van der Waals surface area contributed by atoms with E-state index >= 15 is 0 Å². The van der Waals surface area contributed by atoms with Crippen LogP contribution in [0.25, 0.3) is 11.1 Å². The van der Waals surface area contributed by atoms with Crippen molar-refractivity contribution in [1.29, 1.82) is 0 Å². The standard InChI is InChI=1S/C27H33N3O6/c1-7-22(31)16-28(5)25(32)20-10-8-19(9-11-20)21-12-13-23-24(14-21)29(26(33)36-17(2)3)15-18(4)30(23)27(34)35-6/h8-14,17-18H,7,15-16H2,1-6H3/t18-/m0/s1. The molecular formula is C27H33N3O6. The molecule has 3 rings (SSSR count). The molecule has 0 aliphatic carbocycles. The van der Waals surface area contributed by atoms with Crippen molar-refractivity contribution in [2.45, 2.75) is 46.3 Å². The van der Waals surface area contributed by atoms with Gasteiger partial charge in [-0.3, -0.25) is 19.4 Å². The topological polar surface area (TPSA) is 96.5 Å². The smallest absolute Gasteiger partial charge is 0.414 e. The predicted octanol–water partition coefficient (Wildman–Crippen LogP) is 4.73. The fraction of sp³-hybridized carbons (Fsp3) is 0.407. The van der Waals surface area contributed by atoms with E-state index < -0.39 is 12.2 Å². The van der Waals surface area contributed by atoms with E-state index in [9.17, 15) is 19.2 Å². The van der Waals surface area contributed by atoms with Crippen molar-refractivity contribution in [3.63, 3.8) is 0 Å². The van der Waals surface area contributed by atoms with Crippen LogP contribution in [0.1, 0.15) is 44.5 Å². The lowest BCUT2D eigenvalue weighted by molar-refractivity contribution is -0.119. The summed E-state index contributed by atoms with van der Waals surface area (Å²) in [7, 11) is 2.92. The number of ether oxygens (including phenoxy) is 2. The molecular weight excluding hydrogens is 462 g/mol. The first kappa shape index (κ1) is 26.7. The van der Waals surface area contributed by atoms with Crippen molar-refractivity contribution in [3.05, 3.63) is 48.0 Å². The summed E-state index contributed by atoms with van der Waals surface area (Å²) in [6.07, 6.45) is -0.927. The summed E-state index contributed by atoms with van der Waals surface area (Å²) in [6.45, 7) is 7.48. The number of Topliss-reactive ketones (excluding diaryl/α,β-unsaturated/α-hetero) is 1. The van der Waals surface area contributed by atoms with Crippen LogP contribution in [0, 0.1) is 0 Å². The summed E-state index contributed by atoms with van der Waals surface area (Å²) in [5.74, 6) is -0.244. The average Bonchev–Trinajstić information content (AvgIpc) is 2.86. The van der Waals surface area contributed by atoms with Gasteiger partial charge < -0.3 is 14.4 Å². The van der Waals surface area contributed by atoms with E-state index in [1.54, 1.807) is 46.0 Å². The van der Waals surface area contributed by atoms with E-state index in [4.69, 9.17) is 9.47 Å². The van der Waals surface area contributed by atoms with Crippen LogP contribution in [0.4, 0.5) is 21.0 Å². The number of likely N-dealkylation sites (N-methyl/N-ethyl adjacent to an activating group) is 1. The summed E-state index contributed by atoms with van der Waals surface area (Å²) >= 11 is 0. The van der Waals surface area contributed by atoms with Gasteiger partial charge >= 0.3 is 12.2 Å².